The Morgan fingerprint density at radius 1 is 1.00 bits per heavy atom. The topological polar surface area (TPSA) is 123 Å². The van der Waals surface area contributed by atoms with E-state index >= 15 is 0 Å². The van der Waals surface area contributed by atoms with Crippen LogP contribution in [0, 0.1) is 0 Å². The maximum absolute atomic E-state index is 12.5. The first kappa shape index (κ1) is 24.0. The molecule has 0 bridgehead atoms. The van der Waals surface area contributed by atoms with Gasteiger partial charge in [-0.1, -0.05) is 0 Å². The Kier molecular flexibility index (Phi) is 7.35. The molecule has 4 rings (SSSR count). The van der Waals surface area contributed by atoms with Gasteiger partial charge in [0.2, 0.25) is 10.0 Å². The van der Waals surface area contributed by atoms with Crippen molar-refractivity contribution >= 4 is 32.4 Å². The molecule has 0 spiro atoms. The van der Waals surface area contributed by atoms with Gasteiger partial charge in [0.25, 0.3) is 0 Å². The van der Waals surface area contributed by atoms with Crippen LogP contribution in [-0.2, 0) is 10.0 Å². The van der Waals surface area contributed by atoms with Gasteiger partial charge in [-0.15, -0.1) is 0 Å². The Balaban J connectivity index is 1.40. The number of aromatic nitrogens is 2. The molecule has 34 heavy (non-hydrogen) atoms. The number of methoxy groups -OCH3 is 2. The zero-order chi connectivity index (χ0) is 24.1. The third-order valence-electron chi connectivity index (χ3n) is 5.92. The van der Waals surface area contributed by atoms with Crippen LogP contribution in [0.3, 0.4) is 0 Å². The number of fused-ring (bicyclic) bond motifs is 1. The molecule has 11 heteroatoms. The van der Waals surface area contributed by atoms with Gasteiger partial charge in [-0.25, -0.2) is 23.1 Å². The minimum atomic E-state index is -3.56. The lowest BCUT2D eigenvalue weighted by atomic mass is 10.2. The van der Waals surface area contributed by atoms with Crippen LogP contribution in [0.5, 0.6) is 11.5 Å². The molecule has 2 heterocycles. The van der Waals surface area contributed by atoms with E-state index in [0.717, 1.165) is 49.3 Å². The van der Waals surface area contributed by atoms with Gasteiger partial charge in [0.15, 0.2) is 11.5 Å². The number of sulfonamides is 1. The molecule has 10 nitrogen and oxygen atoms in total. The SMILES string of the molecule is COc1cc2ncnc(N3CCCN(CCNS(=O)(=O)c4ccc(N)cc4)CC3)c2cc1OC. The van der Waals surface area contributed by atoms with Crippen LogP contribution in [0.25, 0.3) is 10.9 Å². The van der Waals surface area contributed by atoms with E-state index in [9.17, 15) is 8.42 Å². The van der Waals surface area contributed by atoms with E-state index in [4.69, 9.17) is 15.2 Å². The molecule has 0 atom stereocenters. The standard InChI is InChI=1S/C23H30N6O4S/c1-32-21-14-19-20(15-22(21)33-2)25-16-26-23(19)29-10-3-9-28(12-13-29)11-8-27-34(30,31)18-6-4-17(24)5-7-18/h4-7,14-16,27H,3,8-13,24H2,1-2H3. The molecule has 0 unspecified atom stereocenters. The molecular formula is C23H30N6O4S. The molecule has 0 aliphatic carbocycles. The summed E-state index contributed by atoms with van der Waals surface area (Å²) in [6.45, 7) is 4.24. The van der Waals surface area contributed by atoms with Crippen molar-refractivity contribution in [2.45, 2.75) is 11.3 Å². The summed E-state index contributed by atoms with van der Waals surface area (Å²) in [7, 11) is -0.347. The Labute approximate surface area is 199 Å². The normalized spacial score (nSPS) is 15.3. The molecule has 2 aromatic carbocycles. The van der Waals surface area contributed by atoms with E-state index in [1.807, 2.05) is 12.1 Å². The number of rotatable bonds is 8. The van der Waals surface area contributed by atoms with Gasteiger partial charge in [0.1, 0.15) is 12.1 Å². The number of anilines is 2. The number of nitrogens with one attached hydrogen (secondary N) is 1. The van der Waals surface area contributed by atoms with Crippen LogP contribution < -0.4 is 24.8 Å². The average molecular weight is 487 g/mol. The van der Waals surface area contributed by atoms with Crippen LogP contribution in [0.1, 0.15) is 6.42 Å². The predicted molar refractivity (Wildman–Crippen MR) is 132 cm³/mol. The summed E-state index contributed by atoms with van der Waals surface area (Å²) in [6, 6.07) is 9.96. The van der Waals surface area contributed by atoms with Crippen molar-refractivity contribution in [2.75, 3.05) is 64.1 Å². The Morgan fingerprint density at radius 3 is 2.47 bits per heavy atom. The van der Waals surface area contributed by atoms with Gasteiger partial charge in [0, 0.05) is 49.9 Å². The zero-order valence-corrected chi connectivity index (χ0v) is 20.2. The van der Waals surface area contributed by atoms with Crippen molar-refractivity contribution in [3.63, 3.8) is 0 Å². The summed E-state index contributed by atoms with van der Waals surface area (Å²) >= 11 is 0. The number of nitrogens with zero attached hydrogens (tertiary/aromatic N) is 4. The molecule has 1 aromatic heterocycles. The molecule has 1 saturated heterocycles. The highest BCUT2D eigenvalue weighted by Crippen LogP contribution is 2.34. The van der Waals surface area contributed by atoms with E-state index < -0.39 is 10.0 Å². The molecule has 0 amide bonds. The zero-order valence-electron chi connectivity index (χ0n) is 19.4. The highest BCUT2D eigenvalue weighted by atomic mass is 32.2. The van der Waals surface area contributed by atoms with Crippen molar-refractivity contribution in [3.8, 4) is 11.5 Å². The van der Waals surface area contributed by atoms with Gasteiger partial charge in [-0.05, 0) is 43.3 Å². The maximum atomic E-state index is 12.5. The lowest BCUT2D eigenvalue weighted by Crippen LogP contribution is -2.37. The third-order valence-corrected chi connectivity index (χ3v) is 7.40. The molecule has 1 aliphatic heterocycles. The number of nitrogens with two attached hydrogens (primary N) is 1. The summed E-state index contributed by atoms with van der Waals surface area (Å²) in [4.78, 5) is 13.7. The fourth-order valence-electron chi connectivity index (χ4n) is 4.10. The lowest BCUT2D eigenvalue weighted by molar-refractivity contribution is 0.298. The Hall–Kier alpha value is -3.15. The van der Waals surface area contributed by atoms with E-state index in [0.29, 0.717) is 30.3 Å². The van der Waals surface area contributed by atoms with Crippen molar-refractivity contribution in [1.29, 1.82) is 0 Å². The minimum absolute atomic E-state index is 0.214. The van der Waals surface area contributed by atoms with Crippen LogP contribution in [0.4, 0.5) is 11.5 Å². The van der Waals surface area contributed by atoms with Crippen LogP contribution in [0.2, 0.25) is 0 Å². The quantitative estimate of drug-likeness (QED) is 0.458. The fourth-order valence-corrected chi connectivity index (χ4v) is 5.12. The predicted octanol–water partition coefficient (Wildman–Crippen LogP) is 1.72. The number of hydrogen-bond donors (Lipinski definition) is 2. The molecule has 1 fully saturated rings. The summed E-state index contributed by atoms with van der Waals surface area (Å²) in [5, 5.41) is 0.907. The first-order valence-electron chi connectivity index (χ1n) is 11.1. The van der Waals surface area contributed by atoms with Crippen LogP contribution in [-0.4, -0.2) is 76.8 Å². The van der Waals surface area contributed by atoms with Crippen molar-refractivity contribution in [3.05, 3.63) is 42.7 Å². The smallest absolute Gasteiger partial charge is 0.240 e. The van der Waals surface area contributed by atoms with Crippen molar-refractivity contribution in [2.24, 2.45) is 0 Å². The second-order valence-electron chi connectivity index (χ2n) is 8.07. The monoisotopic (exact) mass is 486 g/mol. The number of benzene rings is 2. The van der Waals surface area contributed by atoms with Gasteiger partial charge in [-0.2, -0.15) is 0 Å². The van der Waals surface area contributed by atoms with E-state index in [1.54, 1.807) is 32.7 Å². The first-order valence-corrected chi connectivity index (χ1v) is 12.6. The van der Waals surface area contributed by atoms with Crippen molar-refractivity contribution < 1.29 is 17.9 Å². The van der Waals surface area contributed by atoms with Crippen molar-refractivity contribution in [1.82, 2.24) is 19.6 Å². The van der Waals surface area contributed by atoms with E-state index in [1.165, 1.54) is 12.1 Å². The Morgan fingerprint density at radius 2 is 1.74 bits per heavy atom. The first-order chi connectivity index (χ1) is 16.4. The highest BCUT2D eigenvalue weighted by molar-refractivity contribution is 7.89. The molecule has 3 N–H and O–H groups in total. The molecule has 0 radical (unpaired) electrons. The second-order valence-corrected chi connectivity index (χ2v) is 9.84. The van der Waals surface area contributed by atoms with Gasteiger partial charge >= 0.3 is 0 Å². The van der Waals surface area contributed by atoms with Gasteiger partial charge in [0.05, 0.1) is 24.6 Å². The summed E-state index contributed by atoms with van der Waals surface area (Å²) < 4.78 is 38.6. The van der Waals surface area contributed by atoms with Gasteiger partial charge in [-0.3, -0.25) is 0 Å². The summed E-state index contributed by atoms with van der Waals surface area (Å²) in [5.74, 6) is 2.12. The molecule has 182 valence electrons. The number of hydrogen-bond acceptors (Lipinski definition) is 9. The molecule has 3 aromatic rings. The summed E-state index contributed by atoms with van der Waals surface area (Å²) in [5.41, 5.74) is 6.97. The second kappa shape index (κ2) is 10.4. The third kappa shape index (κ3) is 5.32. The van der Waals surface area contributed by atoms with Crippen LogP contribution >= 0.6 is 0 Å². The maximum Gasteiger partial charge on any atom is 0.240 e. The van der Waals surface area contributed by atoms with E-state index in [2.05, 4.69) is 24.5 Å². The number of nitrogen functional groups attached to an aromatic ring is 1. The number of ether oxygens (including phenoxy) is 2. The largest absolute Gasteiger partial charge is 0.493 e. The average Bonchev–Trinajstić information content (AvgIpc) is 3.08. The summed E-state index contributed by atoms with van der Waals surface area (Å²) in [6.07, 6.45) is 2.50. The Bertz CT molecular complexity index is 1240. The molecule has 1 aliphatic rings. The van der Waals surface area contributed by atoms with Crippen LogP contribution in [0.15, 0.2) is 47.6 Å². The minimum Gasteiger partial charge on any atom is -0.493 e. The molecular weight excluding hydrogens is 456 g/mol. The highest BCUT2D eigenvalue weighted by Gasteiger charge is 2.20. The lowest BCUT2D eigenvalue weighted by Gasteiger charge is -2.24. The van der Waals surface area contributed by atoms with E-state index in [-0.39, 0.29) is 4.90 Å². The van der Waals surface area contributed by atoms with Gasteiger partial charge < -0.3 is 25.0 Å². The molecule has 0 saturated carbocycles. The fraction of sp³-hybridized carbons (Fsp3) is 0.391.